The largest absolute Gasteiger partial charge is 0.485 e. The smallest absolute Gasteiger partial charge is 0.190 e. The van der Waals surface area contributed by atoms with Crippen LogP contribution in [0.5, 0.6) is 5.75 Å². The minimum absolute atomic E-state index is 0.0849. The molecule has 4 nitrogen and oxygen atoms in total. The Morgan fingerprint density at radius 1 is 1.12 bits per heavy atom. The van der Waals surface area contributed by atoms with Gasteiger partial charge in [-0.15, -0.1) is 0 Å². The Kier molecular flexibility index (Phi) is 6.96. The van der Waals surface area contributed by atoms with Gasteiger partial charge < -0.3 is 19.8 Å². The zero-order chi connectivity index (χ0) is 17.5. The molecule has 0 aromatic heterocycles. The average Bonchev–Trinajstić information content (AvgIpc) is 2.54. The fraction of sp³-hybridized carbons (Fsp3) is 0.294. The molecule has 0 spiro atoms. The number of hydrogen-bond acceptors (Lipinski definition) is 4. The van der Waals surface area contributed by atoms with Crippen molar-refractivity contribution in [3.63, 3.8) is 0 Å². The van der Waals surface area contributed by atoms with Crippen LogP contribution in [-0.4, -0.2) is 42.6 Å². The molecule has 1 unspecified atom stereocenters. The highest BCUT2D eigenvalue weighted by Gasteiger charge is 2.16. The van der Waals surface area contributed by atoms with Crippen LogP contribution in [0, 0.1) is 11.6 Å². The van der Waals surface area contributed by atoms with E-state index in [9.17, 15) is 13.9 Å². The van der Waals surface area contributed by atoms with E-state index in [4.69, 9.17) is 9.84 Å². The van der Waals surface area contributed by atoms with Gasteiger partial charge in [-0.25, -0.2) is 8.78 Å². The molecule has 0 aliphatic carbocycles. The maximum atomic E-state index is 13.7. The molecule has 0 aliphatic rings. The summed E-state index contributed by atoms with van der Waals surface area (Å²) in [4.78, 5) is 1.77. The number of hydrogen-bond donors (Lipinski definition) is 2. The van der Waals surface area contributed by atoms with Crippen molar-refractivity contribution in [1.82, 2.24) is 0 Å². The predicted octanol–water partition coefficient (Wildman–Crippen LogP) is 2.97. The molecule has 24 heavy (non-hydrogen) atoms. The number of para-hydroxylation sites is 1. The van der Waals surface area contributed by atoms with Gasteiger partial charge in [-0.3, -0.25) is 0 Å². The third-order valence-electron chi connectivity index (χ3n) is 3.31. The molecule has 2 N–H and O–H groups in total. The first-order valence-electron chi connectivity index (χ1n) is 7.37. The molecular weight excluding hydrogens is 384 g/mol. The van der Waals surface area contributed by atoms with Crippen molar-refractivity contribution < 1.29 is 23.7 Å². The molecule has 2 rings (SSSR count). The second-order valence-corrected chi connectivity index (χ2v) is 6.08. The van der Waals surface area contributed by atoms with Crippen LogP contribution in [-0.2, 0) is 0 Å². The average molecular weight is 402 g/mol. The molecule has 0 fully saturated rings. The third-order valence-corrected chi connectivity index (χ3v) is 3.76. The monoisotopic (exact) mass is 401 g/mol. The molecule has 0 heterocycles. The molecule has 130 valence electrons. The molecular formula is C17H18BrF2NO3. The first-order chi connectivity index (χ1) is 11.5. The van der Waals surface area contributed by atoms with E-state index >= 15 is 0 Å². The lowest BCUT2D eigenvalue weighted by Gasteiger charge is -2.26. The highest BCUT2D eigenvalue weighted by molar-refractivity contribution is 9.10. The summed E-state index contributed by atoms with van der Waals surface area (Å²) in [5, 5.41) is 19.3. The van der Waals surface area contributed by atoms with Crippen molar-refractivity contribution >= 4 is 21.6 Å². The minimum Gasteiger partial charge on any atom is -0.485 e. The first-order valence-corrected chi connectivity index (χ1v) is 8.17. The van der Waals surface area contributed by atoms with Gasteiger partial charge in [-0.2, -0.15) is 0 Å². The molecule has 0 amide bonds. The molecule has 2 aromatic carbocycles. The predicted molar refractivity (Wildman–Crippen MR) is 91.3 cm³/mol. The van der Waals surface area contributed by atoms with Crippen LogP contribution in [0.1, 0.15) is 0 Å². The summed E-state index contributed by atoms with van der Waals surface area (Å²) >= 11 is 2.99. The zero-order valence-electron chi connectivity index (χ0n) is 12.8. The lowest BCUT2D eigenvalue weighted by atomic mass is 10.2. The van der Waals surface area contributed by atoms with Crippen molar-refractivity contribution in [2.45, 2.75) is 6.10 Å². The maximum absolute atomic E-state index is 13.7. The van der Waals surface area contributed by atoms with E-state index in [-0.39, 0.29) is 24.2 Å². The summed E-state index contributed by atoms with van der Waals surface area (Å²) in [5.41, 5.74) is 0.826. The van der Waals surface area contributed by atoms with Crippen LogP contribution in [0.4, 0.5) is 14.5 Å². The lowest BCUT2D eigenvalue weighted by Crippen LogP contribution is -2.37. The summed E-state index contributed by atoms with van der Waals surface area (Å²) in [6, 6.07) is 11.4. The normalized spacial score (nSPS) is 12.0. The van der Waals surface area contributed by atoms with Crippen LogP contribution < -0.4 is 9.64 Å². The van der Waals surface area contributed by atoms with E-state index in [1.54, 1.807) is 4.90 Å². The van der Waals surface area contributed by atoms with E-state index in [0.29, 0.717) is 6.54 Å². The third kappa shape index (κ3) is 5.15. The number of anilines is 1. The molecule has 0 radical (unpaired) electrons. The second kappa shape index (κ2) is 8.96. The number of aliphatic hydroxyl groups is 2. The van der Waals surface area contributed by atoms with Crippen LogP contribution >= 0.6 is 15.9 Å². The topological polar surface area (TPSA) is 52.9 Å². The van der Waals surface area contributed by atoms with Crippen LogP contribution in [0.15, 0.2) is 46.9 Å². The Morgan fingerprint density at radius 3 is 2.33 bits per heavy atom. The van der Waals surface area contributed by atoms with Gasteiger partial charge in [0, 0.05) is 23.2 Å². The number of nitrogens with zero attached hydrogens (tertiary/aromatic N) is 1. The molecule has 0 saturated carbocycles. The van der Waals surface area contributed by atoms with Crippen molar-refractivity contribution in [2.75, 3.05) is 31.2 Å². The van der Waals surface area contributed by atoms with Gasteiger partial charge in [0.1, 0.15) is 12.7 Å². The van der Waals surface area contributed by atoms with Crippen molar-refractivity contribution in [1.29, 1.82) is 0 Å². The Morgan fingerprint density at radius 2 is 1.75 bits per heavy atom. The lowest BCUT2D eigenvalue weighted by molar-refractivity contribution is 0.106. The second-order valence-electron chi connectivity index (χ2n) is 5.17. The number of rotatable bonds is 8. The number of halogens is 3. The summed E-state index contributed by atoms with van der Waals surface area (Å²) < 4.78 is 32.7. The Balaban J connectivity index is 1.98. The summed E-state index contributed by atoms with van der Waals surface area (Å²) in [6.07, 6.45) is -0.987. The van der Waals surface area contributed by atoms with Crippen molar-refractivity contribution in [3.8, 4) is 5.75 Å². The summed E-state index contributed by atoms with van der Waals surface area (Å²) in [5.74, 6) is -2.21. The van der Waals surface area contributed by atoms with Gasteiger partial charge in [-0.1, -0.05) is 34.1 Å². The van der Waals surface area contributed by atoms with Gasteiger partial charge in [0.15, 0.2) is 17.4 Å². The molecule has 0 saturated heterocycles. The Labute approximate surface area is 147 Å². The standard InChI is InChI=1S/C17H18BrF2NO3/c18-12-8-15(19)17(16(20)9-12)24-11-14(23)10-21(6-7-22)13-4-2-1-3-5-13/h1-5,8-9,14,22-23H,6-7,10-11H2. The molecule has 2 aromatic rings. The van der Waals surface area contributed by atoms with Crippen LogP contribution in [0.2, 0.25) is 0 Å². The van der Waals surface area contributed by atoms with Gasteiger partial charge >= 0.3 is 0 Å². The number of aliphatic hydroxyl groups excluding tert-OH is 2. The highest BCUT2D eigenvalue weighted by Crippen LogP contribution is 2.26. The maximum Gasteiger partial charge on any atom is 0.190 e. The summed E-state index contributed by atoms with van der Waals surface area (Å²) in [6.45, 7) is 0.120. The molecule has 0 aliphatic heterocycles. The van der Waals surface area contributed by atoms with E-state index in [1.807, 2.05) is 30.3 Å². The fourth-order valence-electron chi connectivity index (χ4n) is 2.24. The van der Waals surface area contributed by atoms with Gasteiger partial charge in [-0.05, 0) is 24.3 Å². The van der Waals surface area contributed by atoms with E-state index in [1.165, 1.54) is 0 Å². The van der Waals surface area contributed by atoms with Gasteiger partial charge in [0.25, 0.3) is 0 Å². The van der Waals surface area contributed by atoms with Crippen LogP contribution in [0.3, 0.4) is 0 Å². The van der Waals surface area contributed by atoms with E-state index in [2.05, 4.69) is 15.9 Å². The molecule has 7 heteroatoms. The highest BCUT2D eigenvalue weighted by atomic mass is 79.9. The van der Waals surface area contributed by atoms with Crippen LogP contribution in [0.25, 0.3) is 0 Å². The molecule has 0 bridgehead atoms. The van der Waals surface area contributed by atoms with Gasteiger partial charge in [0.2, 0.25) is 0 Å². The first kappa shape index (κ1) is 18.6. The number of ether oxygens (including phenoxy) is 1. The SMILES string of the molecule is OCCN(CC(O)COc1c(F)cc(Br)cc1F)c1ccccc1. The fourth-order valence-corrected chi connectivity index (χ4v) is 2.64. The Bertz CT molecular complexity index is 635. The summed E-state index contributed by atoms with van der Waals surface area (Å²) in [7, 11) is 0. The van der Waals surface area contributed by atoms with E-state index < -0.39 is 23.5 Å². The van der Waals surface area contributed by atoms with Crippen molar-refractivity contribution in [3.05, 3.63) is 58.6 Å². The van der Waals surface area contributed by atoms with Gasteiger partial charge in [0.05, 0.1) is 6.61 Å². The molecule has 1 atom stereocenters. The minimum atomic E-state index is -0.987. The number of benzene rings is 2. The van der Waals surface area contributed by atoms with E-state index in [0.717, 1.165) is 17.8 Å². The Hall–Kier alpha value is -1.70. The van der Waals surface area contributed by atoms with Crippen molar-refractivity contribution in [2.24, 2.45) is 0 Å². The zero-order valence-corrected chi connectivity index (χ0v) is 14.4. The quantitative estimate of drug-likeness (QED) is 0.713.